The van der Waals surface area contributed by atoms with Gasteiger partial charge in [0.25, 0.3) is 0 Å². The fourth-order valence-electron chi connectivity index (χ4n) is 0.806. The van der Waals surface area contributed by atoms with Gasteiger partial charge in [0.1, 0.15) is 12.2 Å². The van der Waals surface area contributed by atoms with Crippen LogP contribution in [0.2, 0.25) is 0 Å². The summed E-state index contributed by atoms with van der Waals surface area (Å²) in [6, 6.07) is 0. The Labute approximate surface area is 85.8 Å². The molecule has 0 bridgehead atoms. The van der Waals surface area contributed by atoms with Gasteiger partial charge in [-0.05, 0) is 27.7 Å². The molecule has 0 saturated heterocycles. The lowest BCUT2D eigenvalue weighted by molar-refractivity contribution is -0.161. The summed E-state index contributed by atoms with van der Waals surface area (Å²) in [5.41, 5.74) is -0.463. The topological polar surface area (TPSA) is 35.5 Å². The minimum Gasteiger partial charge on any atom is -0.458 e. The zero-order valence-electron chi connectivity index (χ0n) is 9.29. The van der Waals surface area contributed by atoms with Crippen molar-refractivity contribution in [2.24, 2.45) is 0 Å². The van der Waals surface area contributed by atoms with Crippen LogP contribution in [0, 0.1) is 12.3 Å². The number of carbonyl (C=O) groups excluding carboxylic acids is 1. The van der Waals surface area contributed by atoms with Crippen molar-refractivity contribution in [1.82, 2.24) is 0 Å². The van der Waals surface area contributed by atoms with Crippen molar-refractivity contribution in [2.45, 2.75) is 45.8 Å². The van der Waals surface area contributed by atoms with Crippen LogP contribution >= 0.6 is 0 Å². The van der Waals surface area contributed by atoms with Crippen LogP contribution < -0.4 is 0 Å². The maximum absolute atomic E-state index is 11.2. The number of esters is 1. The fraction of sp³-hybridized carbons (Fsp3) is 0.727. The van der Waals surface area contributed by atoms with E-state index in [1.807, 2.05) is 27.7 Å². The number of carbonyl (C=O) groups is 1. The van der Waals surface area contributed by atoms with E-state index in [1.165, 1.54) is 0 Å². The summed E-state index contributed by atoms with van der Waals surface area (Å²) in [6.07, 6.45) is 5.49. The summed E-state index contributed by atoms with van der Waals surface area (Å²) >= 11 is 0. The zero-order valence-corrected chi connectivity index (χ0v) is 9.29. The molecule has 0 N–H and O–H groups in total. The Morgan fingerprint density at radius 1 is 1.50 bits per heavy atom. The summed E-state index contributed by atoms with van der Waals surface area (Å²) in [6.45, 7) is 7.23. The predicted molar refractivity (Wildman–Crippen MR) is 54.7 cm³/mol. The number of rotatable bonds is 4. The summed E-state index contributed by atoms with van der Waals surface area (Å²) in [5.74, 6) is 2.10. The lowest BCUT2D eigenvalue weighted by atomic mass is 10.2. The molecule has 0 aromatic heterocycles. The summed E-state index contributed by atoms with van der Waals surface area (Å²) in [5, 5.41) is 0. The van der Waals surface area contributed by atoms with Crippen molar-refractivity contribution in [2.75, 3.05) is 6.61 Å². The van der Waals surface area contributed by atoms with E-state index in [4.69, 9.17) is 15.9 Å². The first-order valence-corrected chi connectivity index (χ1v) is 4.62. The van der Waals surface area contributed by atoms with Crippen LogP contribution in [0.5, 0.6) is 0 Å². The molecule has 14 heavy (non-hydrogen) atoms. The van der Waals surface area contributed by atoms with Gasteiger partial charge in [0.2, 0.25) is 0 Å². The molecule has 0 radical (unpaired) electrons. The molecule has 3 nitrogen and oxygen atoms in total. The normalized spacial score (nSPS) is 13.1. The molecule has 0 spiro atoms. The molecule has 0 heterocycles. The molecule has 0 rings (SSSR count). The number of hydrogen-bond donors (Lipinski definition) is 0. The highest BCUT2D eigenvalue weighted by Gasteiger charge is 2.16. The van der Waals surface area contributed by atoms with Gasteiger partial charge in [-0.1, -0.05) is 0 Å². The van der Waals surface area contributed by atoms with E-state index in [-0.39, 0.29) is 18.7 Å². The Balaban J connectivity index is 3.71. The smallest absolute Gasteiger partial charge is 0.332 e. The Morgan fingerprint density at radius 3 is 2.50 bits per heavy atom. The molecular weight excluding hydrogens is 180 g/mol. The van der Waals surface area contributed by atoms with Crippen molar-refractivity contribution in [3.05, 3.63) is 0 Å². The monoisotopic (exact) mass is 198 g/mol. The van der Waals surface area contributed by atoms with Crippen LogP contribution in [0.3, 0.4) is 0 Å². The Hall–Kier alpha value is -1.01. The molecular formula is C11H18O3. The molecule has 0 aliphatic carbocycles. The molecule has 0 saturated carbocycles. The van der Waals surface area contributed by atoms with Crippen LogP contribution in [0.15, 0.2) is 0 Å². The third-order valence-corrected chi connectivity index (χ3v) is 1.31. The van der Waals surface area contributed by atoms with Crippen LogP contribution in [0.25, 0.3) is 0 Å². The van der Waals surface area contributed by atoms with Gasteiger partial charge < -0.3 is 9.47 Å². The van der Waals surface area contributed by atoms with Gasteiger partial charge in [0.05, 0.1) is 6.10 Å². The first kappa shape index (κ1) is 13.0. The van der Waals surface area contributed by atoms with E-state index in [9.17, 15) is 4.79 Å². The lowest BCUT2D eigenvalue weighted by Gasteiger charge is -2.20. The van der Waals surface area contributed by atoms with Crippen molar-refractivity contribution in [1.29, 1.82) is 0 Å². The van der Waals surface area contributed by atoms with E-state index in [1.54, 1.807) is 0 Å². The van der Waals surface area contributed by atoms with Gasteiger partial charge in [-0.2, -0.15) is 0 Å². The molecule has 0 aliphatic heterocycles. The first-order valence-electron chi connectivity index (χ1n) is 4.62. The van der Waals surface area contributed by atoms with Crippen molar-refractivity contribution in [3.8, 4) is 12.3 Å². The van der Waals surface area contributed by atoms with Crippen LogP contribution in [-0.2, 0) is 14.3 Å². The standard InChI is InChI=1S/C11H18O3/c1-6-7-9(2)13-8-10(12)14-11(3,4)5/h1,9H,7-8H2,2-5H3/t9-/m1/s1. The van der Waals surface area contributed by atoms with E-state index in [0.29, 0.717) is 6.42 Å². The SMILES string of the molecule is C#CC[C@@H](C)OCC(=O)OC(C)(C)C. The summed E-state index contributed by atoms with van der Waals surface area (Å²) in [7, 11) is 0. The number of ether oxygens (including phenoxy) is 2. The zero-order chi connectivity index (χ0) is 11.2. The maximum atomic E-state index is 11.2. The average molecular weight is 198 g/mol. The predicted octanol–water partition coefficient (Wildman–Crippen LogP) is 1.76. The second-order valence-electron chi connectivity index (χ2n) is 4.12. The Bertz CT molecular complexity index is 220. The van der Waals surface area contributed by atoms with E-state index < -0.39 is 5.60 Å². The third-order valence-electron chi connectivity index (χ3n) is 1.31. The molecule has 0 unspecified atom stereocenters. The van der Waals surface area contributed by atoms with Gasteiger partial charge in [-0.15, -0.1) is 12.3 Å². The highest BCUT2D eigenvalue weighted by molar-refractivity contribution is 5.71. The van der Waals surface area contributed by atoms with Gasteiger partial charge in [-0.3, -0.25) is 0 Å². The Morgan fingerprint density at radius 2 is 2.07 bits per heavy atom. The molecule has 80 valence electrons. The molecule has 3 heteroatoms. The minimum atomic E-state index is -0.463. The minimum absolute atomic E-state index is 0.0416. The van der Waals surface area contributed by atoms with Crippen molar-refractivity contribution in [3.63, 3.8) is 0 Å². The molecule has 0 aromatic rings. The van der Waals surface area contributed by atoms with Crippen molar-refractivity contribution >= 4 is 5.97 Å². The van der Waals surface area contributed by atoms with E-state index in [2.05, 4.69) is 5.92 Å². The first-order chi connectivity index (χ1) is 6.35. The molecule has 0 fully saturated rings. The second-order valence-corrected chi connectivity index (χ2v) is 4.12. The summed E-state index contributed by atoms with van der Waals surface area (Å²) in [4.78, 5) is 11.2. The van der Waals surface area contributed by atoms with Gasteiger partial charge in [-0.25, -0.2) is 4.79 Å². The molecule has 0 amide bonds. The van der Waals surface area contributed by atoms with Gasteiger partial charge >= 0.3 is 5.97 Å². The van der Waals surface area contributed by atoms with Crippen LogP contribution in [0.1, 0.15) is 34.1 Å². The summed E-state index contributed by atoms with van der Waals surface area (Å²) < 4.78 is 10.2. The highest BCUT2D eigenvalue weighted by atomic mass is 16.6. The van der Waals surface area contributed by atoms with Gasteiger partial charge in [0, 0.05) is 6.42 Å². The quantitative estimate of drug-likeness (QED) is 0.510. The average Bonchev–Trinajstić information content (AvgIpc) is 1.98. The van der Waals surface area contributed by atoms with Crippen molar-refractivity contribution < 1.29 is 14.3 Å². The molecule has 0 aliphatic rings. The van der Waals surface area contributed by atoms with Gasteiger partial charge in [0.15, 0.2) is 0 Å². The van der Waals surface area contributed by atoms with Crippen LogP contribution in [-0.4, -0.2) is 24.3 Å². The number of hydrogen-bond acceptors (Lipinski definition) is 3. The molecule has 1 atom stereocenters. The number of terminal acetylenes is 1. The largest absolute Gasteiger partial charge is 0.458 e. The maximum Gasteiger partial charge on any atom is 0.332 e. The lowest BCUT2D eigenvalue weighted by Crippen LogP contribution is -2.27. The second kappa shape index (κ2) is 5.66. The third kappa shape index (κ3) is 7.63. The van der Waals surface area contributed by atoms with E-state index in [0.717, 1.165) is 0 Å². The highest BCUT2D eigenvalue weighted by Crippen LogP contribution is 2.07. The fourth-order valence-corrected chi connectivity index (χ4v) is 0.806. The van der Waals surface area contributed by atoms with Crippen LogP contribution in [0.4, 0.5) is 0 Å². The van der Waals surface area contributed by atoms with E-state index >= 15 is 0 Å². The Kier molecular flexibility index (Phi) is 5.26. The molecule has 0 aromatic carbocycles.